The number of rotatable bonds is 2. The molecule has 2 N–H and O–H groups in total. The first-order valence-corrected chi connectivity index (χ1v) is 7.17. The molecule has 1 aliphatic heterocycles. The summed E-state index contributed by atoms with van der Waals surface area (Å²) >= 11 is 3.12. The van der Waals surface area contributed by atoms with Gasteiger partial charge in [0.05, 0.1) is 7.11 Å². The lowest BCUT2D eigenvalue weighted by Crippen LogP contribution is -2.37. The van der Waals surface area contributed by atoms with Crippen molar-refractivity contribution >= 4 is 32.9 Å². The van der Waals surface area contributed by atoms with Crippen LogP contribution >= 0.6 is 15.9 Å². The van der Waals surface area contributed by atoms with Crippen LogP contribution in [-0.4, -0.2) is 46.1 Å². The number of pyridine rings is 1. The third kappa shape index (κ3) is 2.18. The molecule has 0 saturated heterocycles. The van der Waals surface area contributed by atoms with Crippen LogP contribution in [0.3, 0.4) is 0 Å². The molecule has 1 aliphatic rings. The smallest absolute Gasteiger partial charge is 0.248 e. The third-order valence-electron chi connectivity index (χ3n) is 3.64. The molecule has 3 heterocycles. The molecule has 0 radical (unpaired) electrons. The van der Waals surface area contributed by atoms with E-state index in [1.54, 1.807) is 0 Å². The number of hydrogen-bond acceptors (Lipinski definition) is 4. The van der Waals surface area contributed by atoms with Crippen molar-refractivity contribution in [1.82, 2.24) is 14.9 Å². The molecule has 3 rings (SSSR count). The number of carbonyl (C=O) groups is 1. The van der Waals surface area contributed by atoms with Gasteiger partial charge in [0, 0.05) is 30.8 Å². The predicted molar refractivity (Wildman–Crippen MR) is 76.5 cm³/mol. The van der Waals surface area contributed by atoms with E-state index >= 15 is 0 Å². The number of halogens is 2. The van der Waals surface area contributed by atoms with Gasteiger partial charge in [-0.1, -0.05) is 0 Å². The number of carbonyl (C=O) groups excluding carboxylic acids is 1. The standard InChI is InChI=1S/C13H13BrFN3O3/c1-21-13-9(14)10(15)12-11(17-13)6-4-18(8(20)5-19)3-2-7(6)16-12/h16,19H,2-5H2,1H3. The van der Waals surface area contributed by atoms with E-state index in [9.17, 15) is 9.18 Å². The minimum atomic E-state index is -0.533. The van der Waals surface area contributed by atoms with Gasteiger partial charge in [-0.15, -0.1) is 0 Å². The van der Waals surface area contributed by atoms with Crippen LogP contribution in [0.4, 0.5) is 4.39 Å². The van der Waals surface area contributed by atoms with Crippen LogP contribution in [0.15, 0.2) is 4.47 Å². The molecule has 0 atom stereocenters. The molecule has 21 heavy (non-hydrogen) atoms. The number of ether oxygens (including phenoxy) is 1. The predicted octanol–water partition coefficient (Wildman–Crippen LogP) is 1.35. The van der Waals surface area contributed by atoms with Crippen molar-refractivity contribution in [3.05, 3.63) is 21.5 Å². The monoisotopic (exact) mass is 357 g/mol. The van der Waals surface area contributed by atoms with Gasteiger partial charge in [-0.05, 0) is 15.9 Å². The molecule has 112 valence electrons. The molecule has 1 amide bonds. The summed E-state index contributed by atoms with van der Waals surface area (Å²) in [5.41, 5.74) is 2.38. The zero-order chi connectivity index (χ0) is 15.1. The van der Waals surface area contributed by atoms with Gasteiger partial charge < -0.3 is 19.7 Å². The number of H-pyrrole nitrogens is 1. The zero-order valence-electron chi connectivity index (χ0n) is 11.2. The fourth-order valence-electron chi connectivity index (χ4n) is 2.56. The average molecular weight is 358 g/mol. The molecule has 0 spiro atoms. The van der Waals surface area contributed by atoms with Gasteiger partial charge in [0.15, 0.2) is 5.82 Å². The van der Waals surface area contributed by atoms with Crippen LogP contribution in [0.1, 0.15) is 11.3 Å². The summed E-state index contributed by atoms with van der Waals surface area (Å²) in [5, 5.41) is 8.96. The molecule has 6 nitrogen and oxygen atoms in total. The van der Waals surface area contributed by atoms with E-state index in [4.69, 9.17) is 9.84 Å². The van der Waals surface area contributed by atoms with Crippen molar-refractivity contribution < 1.29 is 19.0 Å². The fraction of sp³-hybridized carbons (Fsp3) is 0.385. The maximum Gasteiger partial charge on any atom is 0.248 e. The van der Waals surface area contributed by atoms with E-state index < -0.39 is 12.4 Å². The summed E-state index contributed by atoms with van der Waals surface area (Å²) in [7, 11) is 1.42. The number of nitrogens with zero attached hydrogens (tertiary/aromatic N) is 2. The Kier molecular flexibility index (Phi) is 3.58. The van der Waals surface area contributed by atoms with Crippen molar-refractivity contribution in [3.63, 3.8) is 0 Å². The summed E-state index contributed by atoms with van der Waals surface area (Å²) in [6.07, 6.45) is 0.566. The first-order chi connectivity index (χ1) is 10.1. The fourth-order valence-corrected chi connectivity index (χ4v) is 3.01. The van der Waals surface area contributed by atoms with Crippen LogP contribution in [0.2, 0.25) is 0 Å². The highest BCUT2D eigenvalue weighted by Crippen LogP contribution is 2.35. The Labute approximate surface area is 128 Å². The normalized spacial score (nSPS) is 14.4. The molecule has 2 aromatic heterocycles. The number of aliphatic hydroxyl groups is 1. The maximum atomic E-state index is 14.3. The van der Waals surface area contributed by atoms with Crippen molar-refractivity contribution in [3.8, 4) is 5.88 Å². The van der Waals surface area contributed by atoms with Crippen molar-refractivity contribution in [1.29, 1.82) is 0 Å². The molecule has 2 aromatic rings. The van der Waals surface area contributed by atoms with Crippen molar-refractivity contribution in [2.45, 2.75) is 13.0 Å². The van der Waals surface area contributed by atoms with E-state index in [0.29, 0.717) is 30.5 Å². The Morgan fingerprint density at radius 2 is 2.38 bits per heavy atom. The molecular formula is C13H13BrFN3O3. The lowest BCUT2D eigenvalue weighted by molar-refractivity contribution is -0.135. The van der Waals surface area contributed by atoms with Crippen LogP contribution in [-0.2, 0) is 17.8 Å². The maximum absolute atomic E-state index is 14.3. The van der Waals surface area contributed by atoms with E-state index in [2.05, 4.69) is 25.9 Å². The topological polar surface area (TPSA) is 78.5 Å². The third-order valence-corrected chi connectivity index (χ3v) is 4.33. The average Bonchev–Trinajstić information content (AvgIpc) is 2.87. The lowest BCUT2D eigenvalue weighted by atomic mass is 10.1. The van der Waals surface area contributed by atoms with Gasteiger partial charge in [-0.3, -0.25) is 4.79 Å². The minimum absolute atomic E-state index is 0.160. The first kappa shape index (κ1) is 14.3. The van der Waals surface area contributed by atoms with E-state index in [-0.39, 0.29) is 16.3 Å². The molecular weight excluding hydrogens is 345 g/mol. The molecule has 0 fully saturated rings. The van der Waals surface area contributed by atoms with Crippen molar-refractivity contribution in [2.24, 2.45) is 0 Å². The Morgan fingerprint density at radius 1 is 1.62 bits per heavy atom. The highest BCUT2D eigenvalue weighted by atomic mass is 79.9. The Morgan fingerprint density at radius 3 is 3.05 bits per heavy atom. The summed E-state index contributed by atoms with van der Waals surface area (Å²) in [6.45, 7) is 0.249. The van der Waals surface area contributed by atoms with Gasteiger partial charge >= 0.3 is 0 Å². The summed E-state index contributed by atoms with van der Waals surface area (Å²) in [4.78, 5) is 20.5. The first-order valence-electron chi connectivity index (χ1n) is 6.37. The molecule has 0 unspecified atom stereocenters. The van der Waals surface area contributed by atoms with E-state index in [1.165, 1.54) is 12.0 Å². The number of nitrogens with one attached hydrogen (secondary N) is 1. The van der Waals surface area contributed by atoms with Gasteiger partial charge in [-0.2, -0.15) is 0 Å². The van der Waals surface area contributed by atoms with Crippen LogP contribution in [0.5, 0.6) is 5.88 Å². The van der Waals surface area contributed by atoms with Gasteiger partial charge in [0.25, 0.3) is 0 Å². The van der Waals surface area contributed by atoms with Crippen LogP contribution in [0.25, 0.3) is 11.0 Å². The minimum Gasteiger partial charge on any atom is -0.480 e. The second kappa shape index (κ2) is 5.27. The van der Waals surface area contributed by atoms with E-state index in [1.807, 2.05) is 0 Å². The molecule has 0 bridgehead atoms. The zero-order valence-corrected chi connectivity index (χ0v) is 12.8. The number of hydrogen-bond donors (Lipinski definition) is 2. The summed E-state index contributed by atoms with van der Waals surface area (Å²) < 4.78 is 19.6. The number of amides is 1. The molecule has 0 aliphatic carbocycles. The van der Waals surface area contributed by atoms with Gasteiger partial charge in [0.1, 0.15) is 22.1 Å². The highest BCUT2D eigenvalue weighted by molar-refractivity contribution is 9.10. The summed E-state index contributed by atoms with van der Waals surface area (Å²) in [5.74, 6) is -0.654. The quantitative estimate of drug-likeness (QED) is 0.850. The number of aromatic amines is 1. The molecule has 0 saturated carbocycles. The largest absolute Gasteiger partial charge is 0.480 e. The van der Waals surface area contributed by atoms with Gasteiger partial charge in [0.2, 0.25) is 11.8 Å². The number of aliphatic hydroxyl groups excluding tert-OH is 1. The van der Waals surface area contributed by atoms with E-state index in [0.717, 1.165) is 11.3 Å². The second-order valence-corrected chi connectivity index (χ2v) is 5.57. The lowest BCUT2D eigenvalue weighted by Gasteiger charge is -2.26. The number of methoxy groups -OCH3 is 1. The van der Waals surface area contributed by atoms with Crippen molar-refractivity contribution in [2.75, 3.05) is 20.3 Å². The summed E-state index contributed by atoms with van der Waals surface area (Å²) in [6, 6.07) is 0. The number of aromatic nitrogens is 2. The molecule has 0 aromatic carbocycles. The SMILES string of the molecule is COc1nc2c3c([nH]c2c(F)c1Br)CCN(C(=O)CO)C3. The Bertz CT molecular complexity index is 731. The molecule has 8 heteroatoms. The Hall–Kier alpha value is -1.67. The second-order valence-electron chi connectivity index (χ2n) is 4.78. The van der Waals surface area contributed by atoms with Crippen LogP contribution < -0.4 is 4.74 Å². The number of fused-ring (bicyclic) bond motifs is 3. The highest BCUT2D eigenvalue weighted by Gasteiger charge is 2.27. The van der Waals surface area contributed by atoms with Crippen LogP contribution in [0, 0.1) is 5.82 Å². The Balaban J connectivity index is 2.14. The van der Waals surface area contributed by atoms with Gasteiger partial charge in [-0.25, -0.2) is 9.37 Å².